The molecular formula is C11H11N3O2. The molecule has 2 aromatic rings. The van der Waals surface area contributed by atoms with Crippen molar-refractivity contribution in [2.75, 3.05) is 11.1 Å². The lowest BCUT2D eigenvalue weighted by molar-refractivity contribution is 0.102. The van der Waals surface area contributed by atoms with Gasteiger partial charge >= 0.3 is 0 Å². The number of aryl methyl sites for hydroxylation is 1. The monoisotopic (exact) mass is 217 g/mol. The number of hydrogen-bond acceptors (Lipinski definition) is 4. The van der Waals surface area contributed by atoms with Crippen LogP contribution in [0.5, 0.6) is 0 Å². The van der Waals surface area contributed by atoms with E-state index in [2.05, 4.69) is 10.3 Å². The van der Waals surface area contributed by atoms with Crippen LogP contribution >= 0.6 is 0 Å². The highest BCUT2D eigenvalue weighted by Gasteiger charge is 2.08. The van der Waals surface area contributed by atoms with Crippen LogP contribution in [0.1, 0.15) is 16.1 Å². The molecule has 2 heterocycles. The van der Waals surface area contributed by atoms with E-state index in [-0.39, 0.29) is 5.91 Å². The zero-order valence-electron chi connectivity index (χ0n) is 8.73. The highest BCUT2D eigenvalue weighted by Crippen LogP contribution is 2.11. The summed E-state index contributed by atoms with van der Waals surface area (Å²) in [6, 6.07) is 4.98. The number of carbonyl (C=O) groups excluding carboxylic acids is 1. The fourth-order valence-electron chi connectivity index (χ4n) is 1.25. The number of anilines is 2. The summed E-state index contributed by atoms with van der Waals surface area (Å²) in [5, 5.41) is 2.68. The van der Waals surface area contributed by atoms with E-state index in [4.69, 9.17) is 10.2 Å². The second-order valence-corrected chi connectivity index (χ2v) is 3.37. The number of pyridine rings is 1. The van der Waals surface area contributed by atoms with Gasteiger partial charge in [-0.2, -0.15) is 0 Å². The number of furan rings is 1. The molecule has 0 aliphatic heterocycles. The smallest absolute Gasteiger partial charge is 0.258 e. The Morgan fingerprint density at radius 2 is 2.31 bits per heavy atom. The lowest BCUT2D eigenvalue weighted by Crippen LogP contribution is -2.11. The average Bonchev–Trinajstić information content (AvgIpc) is 2.68. The van der Waals surface area contributed by atoms with Gasteiger partial charge in [0.15, 0.2) is 0 Å². The van der Waals surface area contributed by atoms with Crippen molar-refractivity contribution in [3.8, 4) is 0 Å². The molecule has 16 heavy (non-hydrogen) atoms. The Morgan fingerprint density at radius 3 is 2.88 bits per heavy atom. The molecule has 0 radical (unpaired) electrons. The number of carbonyl (C=O) groups is 1. The van der Waals surface area contributed by atoms with Crippen LogP contribution in [0.4, 0.5) is 11.5 Å². The van der Waals surface area contributed by atoms with Gasteiger partial charge in [0.25, 0.3) is 5.91 Å². The van der Waals surface area contributed by atoms with E-state index in [0.717, 1.165) is 0 Å². The van der Waals surface area contributed by atoms with Crippen molar-refractivity contribution >= 4 is 17.4 Å². The first-order valence-corrected chi connectivity index (χ1v) is 4.73. The third kappa shape index (κ3) is 2.20. The topological polar surface area (TPSA) is 81.2 Å². The zero-order valence-corrected chi connectivity index (χ0v) is 8.73. The van der Waals surface area contributed by atoms with Gasteiger partial charge < -0.3 is 15.5 Å². The number of aromatic nitrogens is 1. The second kappa shape index (κ2) is 4.06. The molecule has 0 aliphatic rings. The van der Waals surface area contributed by atoms with Crippen molar-refractivity contribution in [2.45, 2.75) is 6.92 Å². The van der Waals surface area contributed by atoms with E-state index < -0.39 is 0 Å². The van der Waals surface area contributed by atoms with Gasteiger partial charge in [0.1, 0.15) is 17.8 Å². The molecule has 0 aromatic carbocycles. The van der Waals surface area contributed by atoms with Crippen molar-refractivity contribution in [3.05, 3.63) is 42.0 Å². The number of nitrogen functional groups attached to an aromatic ring is 1. The van der Waals surface area contributed by atoms with Gasteiger partial charge in [0.05, 0.1) is 17.4 Å². The number of rotatable bonds is 2. The maximum absolute atomic E-state index is 11.7. The Morgan fingerprint density at radius 1 is 1.50 bits per heavy atom. The molecule has 5 heteroatoms. The maximum atomic E-state index is 11.7. The third-order valence-electron chi connectivity index (χ3n) is 2.04. The molecule has 82 valence electrons. The van der Waals surface area contributed by atoms with Crippen LogP contribution in [-0.4, -0.2) is 10.9 Å². The molecule has 0 fully saturated rings. The van der Waals surface area contributed by atoms with Gasteiger partial charge in [-0.1, -0.05) is 0 Å². The first kappa shape index (κ1) is 10.2. The molecular weight excluding hydrogens is 206 g/mol. The summed E-state index contributed by atoms with van der Waals surface area (Å²) in [4.78, 5) is 15.6. The van der Waals surface area contributed by atoms with Crippen LogP contribution in [0.3, 0.4) is 0 Å². The Balaban J connectivity index is 2.10. The summed E-state index contributed by atoms with van der Waals surface area (Å²) in [6.07, 6.45) is 2.91. The van der Waals surface area contributed by atoms with Crippen LogP contribution in [0.25, 0.3) is 0 Å². The van der Waals surface area contributed by atoms with E-state index in [9.17, 15) is 4.79 Å². The van der Waals surface area contributed by atoms with Crippen LogP contribution in [0.15, 0.2) is 35.1 Å². The summed E-state index contributed by atoms with van der Waals surface area (Å²) >= 11 is 0. The van der Waals surface area contributed by atoms with Gasteiger partial charge in [0.2, 0.25) is 0 Å². The van der Waals surface area contributed by atoms with E-state index >= 15 is 0 Å². The molecule has 2 rings (SSSR count). The number of amides is 1. The van der Waals surface area contributed by atoms with Crippen molar-refractivity contribution < 1.29 is 9.21 Å². The quantitative estimate of drug-likeness (QED) is 0.803. The van der Waals surface area contributed by atoms with Gasteiger partial charge in [-0.05, 0) is 25.1 Å². The number of hydrogen-bond donors (Lipinski definition) is 2. The third-order valence-corrected chi connectivity index (χ3v) is 2.04. The Kier molecular flexibility index (Phi) is 2.59. The molecule has 0 unspecified atom stereocenters. The molecule has 0 saturated carbocycles. The highest BCUT2D eigenvalue weighted by atomic mass is 16.3. The summed E-state index contributed by atoms with van der Waals surface area (Å²) in [5.41, 5.74) is 6.51. The average molecular weight is 217 g/mol. The van der Waals surface area contributed by atoms with Crippen molar-refractivity contribution in [1.29, 1.82) is 0 Å². The fourth-order valence-corrected chi connectivity index (χ4v) is 1.25. The highest BCUT2D eigenvalue weighted by molar-refractivity contribution is 6.04. The molecule has 1 amide bonds. The van der Waals surface area contributed by atoms with E-state index in [1.54, 1.807) is 25.1 Å². The van der Waals surface area contributed by atoms with Crippen LogP contribution in [-0.2, 0) is 0 Å². The molecule has 0 atom stereocenters. The Labute approximate surface area is 92.3 Å². The van der Waals surface area contributed by atoms with Crippen LogP contribution in [0.2, 0.25) is 0 Å². The minimum Gasteiger partial charge on any atom is -0.469 e. The maximum Gasteiger partial charge on any atom is 0.258 e. The molecule has 3 N–H and O–H groups in total. The fraction of sp³-hybridized carbons (Fsp3) is 0.0909. The SMILES string of the molecule is Cc1cc(C(=O)Nc2ccc(N)nc2)co1. The van der Waals surface area contributed by atoms with Crippen molar-refractivity contribution in [3.63, 3.8) is 0 Å². The minimum absolute atomic E-state index is 0.233. The van der Waals surface area contributed by atoms with E-state index in [0.29, 0.717) is 22.8 Å². The first-order valence-electron chi connectivity index (χ1n) is 4.73. The van der Waals surface area contributed by atoms with Gasteiger partial charge in [-0.3, -0.25) is 4.79 Å². The molecule has 2 aromatic heterocycles. The lowest BCUT2D eigenvalue weighted by atomic mass is 10.3. The van der Waals surface area contributed by atoms with E-state index in [1.165, 1.54) is 12.5 Å². The molecule has 0 bridgehead atoms. The Hall–Kier alpha value is -2.30. The van der Waals surface area contributed by atoms with Gasteiger partial charge in [0, 0.05) is 0 Å². The first-order chi connectivity index (χ1) is 7.65. The van der Waals surface area contributed by atoms with Gasteiger partial charge in [-0.25, -0.2) is 4.98 Å². The zero-order chi connectivity index (χ0) is 11.5. The number of nitrogens with two attached hydrogens (primary N) is 1. The summed E-state index contributed by atoms with van der Waals surface area (Å²) in [7, 11) is 0. The van der Waals surface area contributed by atoms with E-state index in [1.807, 2.05) is 0 Å². The summed E-state index contributed by atoms with van der Waals surface area (Å²) in [6.45, 7) is 1.78. The standard InChI is InChI=1S/C11H11N3O2/c1-7-4-8(6-16-7)11(15)14-9-2-3-10(12)13-5-9/h2-6H,1H3,(H2,12,13)(H,14,15). The second-order valence-electron chi connectivity index (χ2n) is 3.37. The predicted octanol–water partition coefficient (Wildman–Crippen LogP) is 1.82. The summed E-state index contributed by atoms with van der Waals surface area (Å²) < 4.78 is 5.05. The van der Waals surface area contributed by atoms with Gasteiger partial charge in [-0.15, -0.1) is 0 Å². The van der Waals surface area contributed by atoms with Crippen molar-refractivity contribution in [2.24, 2.45) is 0 Å². The van der Waals surface area contributed by atoms with Crippen LogP contribution in [0, 0.1) is 6.92 Å². The van der Waals surface area contributed by atoms with Crippen molar-refractivity contribution in [1.82, 2.24) is 4.98 Å². The minimum atomic E-state index is -0.233. The van der Waals surface area contributed by atoms with Crippen LogP contribution < -0.4 is 11.1 Å². The number of nitrogens with one attached hydrogen (secondary N) is 1. The molecule has 0 aliphatic carbocycles. The Bertz CT molecular complexity index is 502. The number of nitrogens with zero attached hydrogens (tertiary/aromatic N) is 1. The predicted molar refractivity (Wildman–Crippen MR) is 60.0 cm³/mol. The normalized spacial score (nSPS) is 10.1. The molecule has 0 saturated heterocycles. The lowest BCUT2D eigenvalue weighted by Gasteiger charge is -2.02. The largest absolute Gasteiger partial charge is 0.469 e. The molecule has 5 nitrogen and oxygen atoms in total. The molecule has 0 spiro atoms. The summed E-state index contributed by atoms with van der Waals surface area (Å²) in [5.74, 6) is 0.876.